The van der Waals surface area contributed by atoms with Crippen LogP contribution in [0, 0.1) is 11.2 Å². The maximum absolute atomic E-state index is 13.0. The summed E-state index contributed by atoms with van der Waals surface area (Å²) in [5.74, 6) is 0.665. The molecule has 0 atom stereocenters. The van der Waals surface area contributed by atoms with Crippen molar-refractivity contribution in [2.24, 2.45) is 0 Å². The molecule has 0 saturated heterocycles. The molecular formula is C12H16FNO2. The van der Waals surface area contributed by atoms with Crippen LogP contribution < -0.4 is 4.74 Å². The van der Waals surface area contributed by atoms with Crippen molar-refractivity contribution in [2.75, 3.05) is 14.2 Å². The van der Waals surface area contributed by atoms with Crippen LogP contribution in [0.15, 0.2) is 18.2 Å². The Balaban J connectivity index is 2.58. The number of nitrogens with one attached hydrogen (secondary N) is 1. The summed E-state index contributed by atoms with van der Waals surface area (Å²) in [5, 5.41) is 7.32. The van der Waals surface area contributed by atoms with Crippen LogP contribution in [0.2, 0.25) is 0 Å². The first kappa shape index (κ1) is 12.5. The third-order valence-corrected chi connectivity index (χ3v) is 2.34. The quantitative estimate of drug-likeness (QED) is 0.618. The Labute approximate surface area is 94.7 Å². The Morgan fingerprint density at radius 2 is 2.12 bits per heavy atom. The van der Waals surface area contributed by atoms with E-state index in [0.29, 0.717) is 18.6 Å². The lowest BCUT2D eigenvalue weighted by molar-refractivity contribution is 0.383. The van der Waals surface area contributed by atoms with Crippen molar-refractivity contribution < 1.29 is 13.9 Å². The van der Waals surface area contributed by atoms with Gasteiger partial charge in [0.25, 0.3) is 0 Å². The molecule has 88 valence electrons. The molecule has 0 aliphatic carbocycles. The van der Waals surface area contributed by atoms with E-state index in [9.17, 15) is 4.39 Å². The highest BCUT2D eigenvalue weighted by molar-refractivity contribution is 5.72. The highest BCUT2D eigenvalue weighted by Gasteiger charge is 2.05. The van der Waals surface area contributed by atoms with Crippen molar-refractivity contribution in [2.45, 2.75) is 19.3 Å². The SMILES string of the molecule is COC(=N)CCCc1cc(F)ccc1OC. The summed E-state index contributed by atoms with van der Waals surface area (Å²) in [6, 6.07) is 4.46. The summed E-state index contributed by atoms with van der Waals surface area (Å²) in [6.07, 6.45) is 1.97. The van der Waals surface area contributed by atoms with E-state index in [2.05, 4.69) is 0 Å². The standard InChI is InChI=1S/C12H16FNO2/c1-15-11-7-6-10(13)8-9(11)4-3-5-12(14)16-2/h6-8,14H,3-5H2,1-2H3. The minimum absolute atomic E-state index is 0.246. The van der Waals surface area contributed by atoms with E-state index in [1.807, 2.05) is 0 Å². The molecule has 3 nitrogen and oxygen atoms in total. The Morgan fingerprint density at radius 3 is 2.75 bits per heavy atom. The van der Waals surface area contributed by atoms with Gasteiger partial charge in [-0.1, -0.05) is 0 Å². The minimum Gasteiger partial charge on any atom is -0.496 e. The predicted octanol–water partition coefficient (Wildman–Crippen LogP) is 2.78. The second-order valence-electron chi connectivity index (χ2n) is 3.44. The zero-order valence-corrected chi connectivity index (χ0v) is 9.55. The number of ether oxygens (including phenoxy) is 2. The third kappa shape index (κ3) is 3.53. The monoisotopic (exact) mass is 225 g/mol. The van der Waals surface area contributed by atoms with Crippen LogP contribution in [0.5, 0.6) is 5.75 Å². The Bertz CT molecular complexity index is 366. The lowest BCUT2D eigenvalue weighted by Gasteiger charge is -2.08. The number of hydrogen-bond donors (Lipinski definition) is 1. The normalized spacial score (nSPS) is 9.94. The molecule has 0 heterocycles. The van der Waals surface area contributed by atoms with Crippen LogP contribution in [-0.4, -0.2) is 20.1 Å². The molecule has 0 radical (unpaired) electrons. The lowest BCUT2D eigenvalue weighted by atomic mass is 10.1. The van der Waals surface area contributed by atoms with E-state index in [-0.39, 0.29) is 11.7 Å². The van der Waals surface area contributed by atoms with E-state index in [1.54, 1.807) is 13.2 Å². The van der Waals surface area contributed by atoms with E-state index in [0.717, 1.165) is 12.0 Å². The predicted molar refractivity (Wildman–Crippen MR) is 60.6 cm³/mol. The third-order valence-electron chi connectivity index (χ3n) is 2.34. The molecule has 1 aromatic rings. The van der Waals surface area contributed by atoms with Crippen LogP contribution in [0.1, 0.15) is 18.4 Å². The van der Waals surface area contributed by atoms with E-state index < -0.39 is 0 Å². The van der Waals surface area contributed by atoms with Gasteiger partial charge in [0.1, 0.15) is 11.6 Å². The molecule has 0 fully saturated rings. The maximum Gasteiger partial charge on any atom is 0.180 e. The van der Waals surface area contributed by atoms with Gasteiger partial charge >= 0.3 is 0 Å². The average Bonchev–Trinajstić information content (AvgIpc) is 2.29. The van der Waals surface area contributed by atoms with Gasteiger partial charge in [-0.15, -0.1) is 0 Å². The Morgan fingerprint density at radius 1 is 1.38 bits per heavy atom. The summed E-state index contributed by atoms with van der Waals surface area (Å²) in [7, 11) is 3.04. The number of benzene rings is 1. The molecule has 0 aliphatic rings. The zero-order chi connectivity index (χ0) is 12.0. The van der Waals surface area contributed by atoms with Gasteiger partial charge in [-0.2, -0.15) is 0 Å². The van der Waals surface area contributed by atoms with Crippen LogP contribution in [0.3, 0.4) is 0 Å². The molecule has 0 aliphatic heterocycles. The second-order valence-corrected chi connectivity index (χ2v) is 3.44. The van der Waals surface area contributed by atoms with Crippen LogP contribution >= 0.6 is 0 Å². The molecular weight excluding hydrogens is 209 g/mol. The van der Waals surface area contributed by atoms with Gasteiger partial charge in [0.15, 0.2) is 5.90 Å². The van der Waals surface area contributed by atoms with Crippen molar-refractivity contribution in [3.05, 3.63) is 29.6 Å². The van der Waals surface area contributed by atoms with Gasteiger partial charge in [-0.3, -0.25) is 5.41 Å². The number of rotatable bonds is 5. The summed E-state index contributed by atoms with van der Waals surface area (Å²) in [6.45, 7) is 0. The van der Waals surface area contributed by atoms with E-state index >= 15 is 0 Å². The van der Waals surface area contributed by atoms with Crippen molar-refractivity contribution >= 4 is 5.90 Å². The Hall–Kier alpha value is -1.58. The van der Waals surface area contributed by atoms with Gasteiger partial charge in [0.05, 0.1) is 14.2 Å². The molecule has 0 bridgehead atoms. The number of methoxy groups -OCH3 is 2. The largest absolute Gasteiger partial charge is 0.496 e. The fourth-order valence-corrected chi connectivity index (χ4v) is 1.48. The van der Waals surface area contributed by atoms with Crippen molar-refractivity contribution in [1.29, 1.82) is 5.41 Å². The highest BCUT2D eigenvalue weighted by Crippen LogP contribution is 2.21. The van der Waals surface area contributed by atoms with Crippen molar-refractivity contribution in [3.8, 4) is 5.75 Å². The van der Waals surface area contributed by atoms with Crippen LogP contribution in [0.4, 0.5) is 4.39 Å². The topological polar surface area (TPSA) is 42.3 Å². The molecule has 16 heavy (non-hydrogen) atoms. The first-order chi connectivity index (χ1) is 7.67. The van der Waals surface area contributed by atoms with Crippen molar-refractivity contribution in [3.63, 3.8) is 0 Å². The Kier molecular flexibility index (Phi) is 4.76. The second kappa shape index (κ2) is 6.10. The smallest absolute Gasteiger partial charge is 0.180 e. The summed E-state index contributed by atoms with van der Waals surface area (Å²) >= 11 is 0. The van der Waals surface area contributed by atoms with Gasteiger partial charge in [0, 0.05) is 6.42 Å². The minimum atomic E-state index is -0.266. The first-order valence-electron chi connectivity index (χ1n) is 5.11. The van der Waals surface area contributed by atoms with Crippen LogP contribution in [-0.2, 0) is 11.2 Å². The molecule has 4 heteroatoms. The van der Waals surface area contributed by atoms with E-state index in [4.69, 9.17) is 14.9 Å². The summed E-state index contributed by atoms with van der Waals surface area (Å²) < 4.78 is 22.9. The summed E-state index contributed by atoms with van der Waals surface area (Å²) in [5.41, 5.74) is 0.825. The molecule has 1 aromatic carbocycles. The molecule has 0 aromatic heterocycles. The van der Waals surface area contributed by atoms with Gasteiger partial charge in [-0.05, 0) is 36.6 Å². The average molecular weight is 225 g/mol. The highest BCUT2D eigenvalue weighted by atomic mass is 19.1. The fraction of sp³-hybridized carbons (Fsp3) is 0.417. The molecule has 0 amide bonds. The number of aryl methyl sites for hydroxylation is 1. The molecule has 0 saturated carbocycles. The van der Waals surface area contributed by atoms with Crippen molar-refractivity contribution in [1.82, 2.24) is 0 Å². The molecule has 0 spiro atoms. The van der Waals surface area contributed by atoms with Crippen LogP contribution in [0.25, 0.3) is 0 Å². The zero-order valence-electron chi connectivity index (χ0n) is 9.55. The summed E-state index contributed by atoms with van der Waals surface area (Å²) in [4.78, 5) is 0. The lowest BCUT2D eigenvalue weighted by Crippen LogP contribution is -2.00. The van der Waals surface area contributed by atoms with Gasteiger partial charge in [-0.25, -0.2) is 4.39 Å². The first-order valence-corrected chi connectivity index (χ1v) is 5.11. The number of halogens is 1. The molecule has 1 rings (SSSR count). The maximum atomic E-state index is 13.0. The van der Waals surface area contributed by atoms with Gasteiger partial charge < -0.3 is 9.47 Å². The molecule has 0 unspecified atom stereocenters. The number of hydrogen-bond acceptors (Lipinski definition) is 3. The molecule has 1 N–H and O–H groups in total. The van der Waals surface area contributed by atoms with E-state index in [1.165, 1.54) is 19.2 Å². The fourth-order valence-electron chi connectivity index (χ4n) is 1.48. The van der Waals surface area contributed by atoms with Gasteiger partial charge in [0.2, 0.25) is 0 Å².